The molecule has 2 aliphatic heterocycles. The SMILES string of the molecule is O=[N+]([O-])c1ccc2c(c1)[C@H]1NC(=S)N(c3ccc(F)c(Cl)c3)[C@@]3(CCCCC[C@H]13)O2. The predicted molar refractivity (Wildman–Crippen MR) is 115 cm³/mol. The van der Waals surface area contributed by atoms with Crippen molar-refractivity contribution in [2.75, 3.05) is 4.90 Å². The minimum atomic E-state index is -0.756. The highest BCUT2D eigenvalue weighted by atomic mass is 35.5. The van der Waals surface area contributed by atoms with Gasteiger partial charge in [-0.05, 0) is 49.3 Å². The molecule has 1 aliphatic carbocycles. The standard InChI is InChI=1S/C21H19ClFN3O3S/c22-16-11-12(5-7-17(16)23)25-20(30)24-19-14-10-13(26(27)28)6-8-18(14)29-21(25)9-3-1-2-4-15(19)21/h5-8,10-11,15,19H,1-4,9H2,(H,24,30)/t15-,19-,21+/m1/s1. The molecule has 0 spiro atoms. The van der Waals surface area contributed by atoms with Crippen molar-refractivity contribution in [2.45, 2.75) is 43.9 Å². The van der Waals surface area contributed by atoms with E-state index in [1.165, 1.54) is 12.1 Å². The van der Waals surface area contributed by atoms with E-state index >= 15 is 0 Å². The molecule has 0 radical (unpaired) electrons. The summed E-state index contributed by atoms with van der Waals surface area (Å²) in [6.07, 6.45) is 4.67. The van der Waals surface area contributed by atoms with E-state index in [4.69, 9.17) is 28.6 Å². The second-order valence-electron chi connectivity index (χ2n) is 7.99. The number of benzene rings is 2. The van der Waals surface area contributed by atoms with E-state index in [-0.39, 0.29) is 22.7 Å². The van der Waals surface area contributed by atoms with Crippen molar-refractivity contribution in [1.29, 1.82) is 0 Å². The first-order chi connectivity index (χ1) is 14.4. The Morgan fingerprint density at radius 3 is 2.87 bits per heavy atom. The second kappa shape index (κ2) is 7.06. The Kier molecular flexibility index (Phi) is 4.59. The third-order valence-electron chi connectivity index (χ3n) is 6.38. The Morgan fingerprint density at radius 2 is 2.10 bits per heavy atom. The molecule has 2 bridgehead atoms. The molecule has 30 heavy (non-hydrogen) atoms. The van der Waals surface area contributed by atoms with Crippen LogP contribution in [-0.4, -0.2) is 15.8 Å². The number of nitrogens with zero attached hydrogens (tertiary/aromatic N) is 2. The van der Waals surface area contributed by atoms with Gasteiger partial charge in [0.05, 0.1) is 16.0 Å². The van der Waals surface area contributed by atoms with Crippen molar-refractivity contribution in [1.82, 2.24) is 5.32 Å². The third-order valence-corrected chi connectivity index (χ3v) is 6.97. The summed E-state index contributed by atoms with van der Waals surface area (Å²) in [6.45, 7) is 0. The van der Waals surface area contributed by atoms with Crippen LogP contribution in [0.15, 0.2) is 36.4 Å². The zero-order valence-corrected chi connectivity index (χ0v) is 17.5. The van der Waals surface area contributed by atoms with E-state index in [1.54, 1.807) is 24.3 Å². The first-order valence-corrected chi connectivity index (χ1v) is 10.7. The number of ether oxygens (including phenoxy) is 1. The van der Waals surface area contributed by atoms with Crippen LogP contribution >= 0.6 is 23.8 Å². The van der Waals surface area contributed by atoms with Crippen LogP contribution in [0.1, 0.15) is 43.7 Å². The number of halogens is 2. The molecule has 0 amide bonds. The van der Waals surface area contributed by atoms with Crippen LogP contribution in [0.4, 0.5) is 15.8 Å². The maximum Gasteiger partial charge on any atom is 0.270 e. The molecule has 5 rings (SSSR count). The van der Waals surface area contributed by atoms with E-state index in [0.29, 0.717) is 16.5 Å². The van der Waals surface area contributed by atoms with Crippen LogP contribution in [0.2, 0.25) is 5.02 Å². The molecule has 2 aromatic rings. The summed E-state index contributed by atoms with van der Waals surface area (Å²) in [4.78, 5) is 12.8. The van der Waals surface area contributed by atoms with Gasteiger partial charge in [-0.15, -0.1) is 0 Å². The number of hydrogen-bond donors (Lipinski definition) is 1. The van der Waals surface area contributed by atoms with Crippen molar-refractivity contribution in [3.63, 3.8) is 0 Å². The Morgan fingerprint density at radius 1 is 1.27 bits per heavy atom. The van der Waals surface area contributed by atoms with Crippen LogP contribution in [0, 0.1) is 21.8 Å². The van der Waals surface area contributed by atoms with E-state index in [9.17, 15) is 14.5 Å². The number of hydrogen-bond acceptors (Lipinski definition) is 4. The molecule has 3 aliphatic rings. The third kappa shape index (κ3) is 2.85. The van der Waals surface area contributed by atoms with Crippen molar-refractivity contribution >= 4 is 40.3 Å². The van der Waals surface area contributed by atoms with E-state index in [2.05, 4.69) is 5.32 Å². The van der Waals surface area contributed by atoms with Crippen LogP contribution in [0.3, 0.4) is 0 Å². The zero-order chi connectivity index (χ0) is 21.0. The largest absolute Gasteiger partial charge is 0.467 e. The highest BCUT2D eigenvalue weighted by molar-refractivity contribution is 7.80. The van der Waals surface area contributed by atoms with Gasteiger partial charge >= 0.3 is 0 Å². The lowest BCUT2D eigenvalue weighted by atomic mass is 9.75. The lowest BCUT2D eigenvalue weighted by molar-refractivity contribution is -0.385. The molecule has 2 heterocycles. The molecule has 0 unspecified atom stereocenters. The fourth-order valence-electron chi connectivity index (χ4n) is 5.11. The van der Waals surface area contributed by atoms with Crippen molar-refractivity contribution < 1.29 is 14.1 Å². The summed E-state index contributed by atoms with van der Waals surface area (Å²) in [5.74, 6) is 0.133. The minimum Gasteiger partial charge on any atom is -0.467 e. The molecule has 1 N–H and O–H groups in total. The van der Waals surface area contributed by atoms with Gasteiger partial charge in [-0.2, -0.15) is 0 Å². The summed E-state index contributed by atoms with van der Waals surface area (Å²) in [5, 5.41) is 15.2. The highest BCUT2D eigenvalue weighted by Gasteiger charge is 2.58. The molecule has 1 saturated carbocycles. The van der Waals surface area contributed by atoms with E-state index in [1.807, 2.05) is 4.90 Å². The van der Waals surface area contributed by atoms with Gasteiger partial charge in [0, 0.05) is 35.7 Å². The Hall–Kier alpha value is -2.45. The van der Waals surface area contributed by atoms with E-state index < -0.39 is 16.5 Å². The fourth-order valence-corrected chi connectivity index (χ4v) is 5.67. The highest BCUT2D eigenvalue weighted by Crippen LogP contribution is 2.54. The average Bonchev–Trinajstić information content (AvgIpc) is 2.93. The van der Waals surface area contributed by atoms with Gasteiger partial charge in [0.2, 0.25) is 0 Å². The number of nitro groups is 1. The monoisotopic (exact) mass is 447 g/mol. The molecular formula is C21H19ClFN3O3S. The Bertz CT molecular complexity index is 1070. The number of anilines is 1. The lowest BCUT2D eigenvalue weighted by Crippen LogP contribution is -2.71. The first kappa shape index (κ1) is 19.5. The van der Waals surface area contributed by atoms with Gasteiger partial charge in [-0.25, -0.2) is 4.39 Å². The summed E-state index contributed by atoms with van der Waals surface area (Å²) < 4.78 is 20.5. The van der Waals surface area contributed by atoms with Gasteiger partial charge in [0.25, 0.3) is 5.69 Å². The Balaban J connectivity index is 1.69. The maximum atomic E-state index is 13.8. The smallest absolute Gasteiger partial charge is 0.270 e. The number of nitro benzene ring substituents is 1. The molecule has 2 fully saturated rings. The lowest BCUT2D eigenvalue weighted by Gasteiger charge is -2.58. The molecule has 1 saturated heterocycles. The second-order valence-corrected chi connectivity index (χ2v) is 8.79. The van der Waals surface area contributed by atoms with Crippen molar-refractivity contribution in [3.8, 4) is 5.75 Å². The quantitative estimate of drug-likeness (QED) is 0.373. The Labute approximate surface area is 183 Å². The summed E-state index contributed by atoms with van der Waals surface area (Å²) in [6, 6.07) is 9.06. The van der Waals surface area contributed by atoms with Crippen molar-refractivity contribution in [3.05, 3.63) is 62.9 Å². The van der Waals surface area contributed by atoms with Gasteiger partial charge in [0.15, 0.2) is 10.8 Å². The maximum absolute atomic E-state index is 13.8. The average molecular weight is 448 g/mol. The zero-order valence-electron chi connectivity index (χ0n) is 15.9. The first-order valence-electron chi connectivity index (χ1n) is 9.94. The molecule has 0 aromatic heterocycles. The minimum absolute atomic E-state index is 0.0185. The molecule has 3 atom stereocenters. The number of non-ortho nitro benzene ring substituents is 1. The molecular weight excluding hydrogens is 429 g/mol. The van der Waals surface area contributed by atoms with E-state index in [0.717, 1.165) is 37.7 Å². The number of nitrogens with one attached hydrogen (secondary N) is 1. The van der Waals surface area contributed by atoms with Crippen LogP contribution in [-0.2, 0) is 0 Å². The normalized spacial score (nSPS) is 27.3. The molecule has 6 nitrogen and oxygen atoms in total. The topological polar surface area (TPSA) is 67.6 Å². The summed E-state index contributed by atoms with van der Waals surface area (Å²) in [7, 11) is 0. The predicted octanol–water partition coefficient (Wildman–Crippen LogP) is 5.49. The summed E-state index contributed by atoms with van der Waals surface area (Å²) in [5.41, 5.74) is 0.688. The van der Waals surface area contributed by atoms with Gasteiger partial charge in [0.1, 0.15) is 11.6 Å². The molecule has 156 valence electrons. The van der Waals surface area contributed by atoms with Crippen LogP contribution < -0.4 is 15.0 Å². The number of fused-ring (bicyclic) bond motifs is 2. The molecule has 2 aromatic carbocycles. The fraction of sp³-hybridized carbons (Fsp3) is 0.381. The molecule has 9 heteroatoms. The van der Waals surface area contributed by atoms with Gasteiger partial charge < -0.3 is 10.1 Å². The van der Waals surface area contributed by atoms with Gasteiger partial charge in [-0.3, -0.25) is 15.0 Å². The number of rotatable bonds is 2. The van der Waals surface area contributed by atoms with Crippen LogP contribution in [0.25, 0.3) is 0 Å². The van der Waals surface area contributed by atoms with Gasteiger partial charge in [-0.1, -0.05) is 24.4 Å². The van der Waals surface area contributed by atoms with Crippen molar-refractivity contribution in [2.24, 2.45) is 5.92 Å². The van der Waals surface area contributed by atoms with Crippen LogP contribution in [0.5, 0.6) is 5.75 Å². The number of thiocarbonyl (C=S) groups is 1. The summed E-state index contributed by atoms with van der Waals surface area (Å²) >= 11 is 11.8.